The third kappa shape index (κ3) is 3.30. The first-order valence-corrected chi connectivity index (χ1v) is 6.10. The van der Waals surface area contributed by atoms with Gasteiger partial charge in [-0.25, -0.2) is 5.43 Å². The monoisotopic (exact) mass is 306 g/mol. The van der Waals surface area contributed by atoms with Crippen molar-refractivity contribution in [3.8, 4) is 0 Å². The third-order valence-corrected chi connectivity index (χ3v) is 2.65. The lowest BCUT2D eigenvalue weighted by Crippen LogP contribution is -2.16. The lowest BCUT2D eigenvalue weighted by Gasteiger charge is -1.96. The van der Waals surface area contributed by atoms with Crippen LogP contribution in [0.5, 0.6) is 0 Å². The van der Waals surface area contributed by atoms with Gasteiger partial charge in [0.1, 0.15) is 0 Å². The summed E-state index contributed by atoms with van der Waals surface area (Å²) < 4.78 is 5.61. The summed E-state index contributed by atoms with van der Waals surface area (Å²) >= 11 is 3.13. The zero-order chi connectivity index (χ0) is 13.0. The van der Waals surface area contributed by atoms with Gasteiger partial charge in [0.05, 0.1) is 6.21 Å². The van der Waals surface area contributed by atoms with E-state index in [0.717, 1.165) is 11.1 Å². The van der Waals surface area contributed by atoms with Gasteiger partial charge >= 0.3 is 5.91 Å². The molecule has 5 heteroatoms. The molecule has 0 aliphatic rings. The van der Waals surface area contributed by atoms with Gasteiger partial charge in [-0.3, -0.25) is 4.79 Å². The molecule has 0 radical (unpaired) electrons. The van der Waals surface area contributed by atoms with Gasteiger partial charge in [0.15, 0.2) is 10.4 Å². The summed E-state index contributed by atoms with van der Waals surface area (Å²) in [4.78, 5) is 11.6. The Morgan fingerprint density at radius 2 is 2.22 bits per heavy atom. The van der Waals surface area contributed by atoms with Gasteiger partial charge in [0, 0.05) is 0 Å². The molecule has 0 unspecified atom stereocenters. The van der Waals surface area contributed by atoms with E-state index in [4.69, 9.17) is 4.42 Å². The Kier molecular flexibility index (Phi) is 3.94. The van der Waals surface area contributed by atoms with E-state index < -0.39 is 0 Å². The molecule has 18 heavy (non-hydrogen) atoms. The van der Waals surface area contributed by atoms with Gasteiger partial charge in [0.25, 0.3) is 0 Å². The fraction of sp³-hybridized carbons (Fsp3) is 0.0769. The number of aryl methyl sites for hydroxylation is 1. The van der Waals surface area contributed by atoms with Crippen LogP contribution in [0.2, 0.25) is 0 Å². The number of carbonyl (C=O) groups excluding carboxylic acids is 1. The summed E-state index contributed by atoms with van der Waals surface area (Å²) in [6, 6.07) is 11.0. The molecule has 0 spiro atoms. The number of nitrogens with zero attached hydrogens (tertiary/aromatic N) is 1. The number of halogens is 1. The molecule has 4 nitrogen and oxygen atoms in total. The molecule has 0 aliphatic carbocycles. The number of benzene rings is 1. The van der Waals surface area contributed by atoms with E-state index in [-0.39, 0.29) is 11.7 Å². The van der Waals surface area contributed by atoms with Crippen molar-refractivity contribution in [2.24, 2.45) is 5.10 Å². The number of hydrazone groups is 1. The topological polar surface area (TPSA) is 54.6 Å². The van der Waals surface area contributed by atoms with Gasteiger partial charge in [-0.05, 0) is 40.5 Å². The molecule has 0 saturated heterocycles. The van der Waals surface area contributed by atoms with Crippen molar-refractivity contribution in [3.63, 3.8) is 0 Å². The van der Waals surface area contributed by atoms with Crippen LogP contribution in [0, 0.1) is 6.92 Å². The highest BCUT2D eigenvalue weighted by molar-refractivity contribution is 9.10. The van der Waals surface area contributed by atoms with Crippen LogP contribution in [0.25, 0.3) is 0 Å². The summed E-state index contributed by atoms with van der Waals surface area (Å²) in [5.41, 5.74) is 4.46. The second kappa shape index (κ2) is 5.64. The Bertz CT molecular complexity index is 590. The number of carbonyl (C=O) groups is 1. The molecule has 1 aromatic heterocycles. The van der Waals surface area contributed by atoms with Gasteiger partial charge in [0.2, 0.25) is 0 Å². The zero-order valence-corrected chi connectivity index (χ0v) is 11.3. The molecule has 0 saturated carbocycles. The molecule has 0 atom stereocenters. The van der Waals surface area contributed by atoms with E-state index in [0.29, 0.717) is 4.67 Å². The van der Waals surface area contributed by atoms with Crippen molar-refractivity contribution < 1.29 is 9.21 Å². The van der Waals surface area contributed by atoms with Gasteiger partial charge < -0.3 is 4.42 Å². The Hall–Kier alpha value is -1.88. The Morgan fingerprint density at radius 3 is 2.89 bits per heavy atom. The van der Waals surface area contributed by atoms with Gasteiger partial charge in [-0.15, -0.1) is 0 Å². The first-order chi connectivity index (χ1) is 8.65. The fourth-order valence-corrected chi connectivity index (χ4v) is 1.71. The molecule has 1 N–H and O–H groups in total. The fourth-order valence-electron chi connectivity index (χ4n) is 1.41. The highest BCUT2D eigenvalue weighted by atomic mass is 79.9. The molecule has 1 heterocycles. The Morgan fingerprint density at radius 1 is 1.39 bits per heavy atom. The van der Waals surface area contributed by atoms with Crippen molar-refractivity contribution in [2.45, 2.75) is 6.92 Å². The molecule has 2 rings (SSSR count). The predicted octanol–water partition coefficient (Wildman–Crippen LogP) is 3.11. The van der Waals surface area contributed by atoms with Crippen LogP contribution in [0.1, 0.15) is 21.7 Å². The van der Waals surface area contributed by atoms with Crippen LogP contribution in [-0.2, 0) is 0 Å². The predicted molar refractivity (Wildman–Crippen MR) is 72.6 cm³/mol. The minimum atomic E-state index is -0.385. The average Bonchev–Trinajstić information content (AvgIpc) is 2.76. The van der Waals surface area contributed by atoms with Crippen LogP contribution in [0.4, 0.5) is 0 Å². The van der Waals surface area contributed by atoms with Crippen molar-refractivity contribution in [3.05, 3.63) is 58.0 Å². The number of furan rings is 1. The maximum atomic E-state index is 11.6. The number of hydrogen-bond acceptors (Lipinski definition) is 3. The molecule has 0 fully saturated rings. The smallest absolute Gasteiger partial charge is 0.307 e. The van der Waals surface area contributed by atoms with Crippen LogP contribution >= 0.6 is 15.9 Å². The lowest BCUT2D eigenvalue weighted by molar-refractivity contribution is 0.0926. The van der Waals surface area contributed by atoms with Crippen LogP contribution in [0.15, 0.2) is 50.6 Å². The minimum absolute atomic E-state index is 0.211. The first-order valence-electron chi connectivity index (χ1n) is 5.30. The van der Waals surface area contributed by atoms with E-state index in [2.05, 4.69) is 26.5 Å². The van der Waals surface area contributed by atoms with Crippen LogP contribution < -0.4 is 5.43 Å². The summed E-state index contributed by atoms with van der Waals surface area (Å²) in [5.74, 6) is -0.173. The highest BCUT2D eigenvalue weighted by Gasteiger charge is 2.08. The lowest BCUT2D eigenvalue weighted by atomic mass is 10.2. The number of hydrogen-bond donors (Lipinski definition) is 1. The van der Waals surface area contributed by atoms with E-state index in [1.807, 2.05) is 31.2 Å². The van der Waals surface area contributed by atoms with E-state index in [9.17, 15) is 4.79 Å². The maximum absolute atomic E-state index is 11.6. The Labute approximate surface area is 113 Å². The average molecular weight is 307 g/mol. The van der Waals surface area contributed by atoms with E-state index in [1.54, 1.807) is 18.3 Å². The molecular weight excluding hydrogens is 296 g/mol. The Balaban J connectivity index is 1.97. The molecule has 0 aliphatic heterocycles. The second-order valence-corrected chi connectivity index (χ2v) is 4.50. The van der Waals surface area contributed by atoms with E-state index >= 15 is 0 Å². The number of amides is 1. The summed E-state index contributed by atoms with van der Waals surface area (Å²) in [7, 11) is 0. The molecule has 1 aromatic carbocycles. The first kappa shape index (κ1) is 12.6. The molecule has 0 bridgehead atoms. The highest BCUT2D eigenvalue weighted by Crippen LogP contribution is 2.13. The third-order valence-electron chi connectivity index (χ3n) is 2.22. The van der Waals surface area contributed by atoms with Crippen LogP contribution in [0.3, 0.4) is 0 Å². The van der Waals surface area contributed by atoms with Crippen molar-refractivity contribution >= 4 is 28.1 Å². The maximum Gasteiger partial charge on any atom is 0.307 e. The second-order valence-electron chi connectivity index (χ2n) is 3.72. The standard InChI is InChI=1S/C13H11BrN2O2/c1-9-3-2-4-10(7-9)8-15-16-13(17)11-5-6-12(14)18-11/h2-8H,1H3,(H,16,17). The largest absolute Gasteiger partial charge is 0.444 e. The van der Waals surface area contributed by atoms with E-state index in [1.165, 1.54) is 0 Å². The normalized spacial score (nSPS) is 10.8. The van der Waals surface area contributed by atoms with Gasteiger partial charge in [-0.1, -0.05) is 29.8 Å². The quantitative estimate of drug-likeness (QED) is 0.699. The molecule has 1 amide bonds. The molecule has 2 aromatic rings. The summed E-state index contributed by atoms with van der Waals surface area (Å²) in [5, 5.41) is 3.87. The summed E-state index contributed by atoms with van der Waals surface area (Å²) in [6.07, 6.45) is 1.59. The SMILES string of the molecule is Cc1cccc(C=NNC(=O)c2ccc(Br)o2)c1. The number of rotatable bonds is 3. The van der Waals surface area contributed by atoms with Crippen molar-refractivity contribution in [1.29, 1.82) is 0 Å². The van der Waals surface area contributed by atoms with Gasteiger partial charge in [-0.2, -0.15) is 5.10 Å². The zero-order valence-electron chi connectivity index (χ0n) is 9.68. The minimum Gasteiger partial charge on any atom is -0.444 e. The molecular formula is C13H11BrN2O2. The summed E-state index contributed by atoms with van der Waals surface area (Å²) in [6.45, 7) is 2.00. The number of nitrogens with one attached hydrogen (secondary N) is 1. The molecule has 92 valence electrons. The van der Waals surface area contributed by atoms with Crippen molar-refractivity contribution in [2.75, 3.05) is 0 Å². The van der Waals surface area contributed by atoms with Crippen LogP contribution in [-0.4, -0.2) is 12.1 Å². The van der Waals surface area contributed by atoms with Crippen molar-refractivity contribution in [1.82, 2.24) is 5.43 Å².